The van der Waals surface area contributed by atoms with Crippen molar-refractivity contribution >= 4 is 32.6 Å². The first-order chi connectivity index (χ1) is 8.65. The van der Waals surface area contributed by atoms with Gasteiger partial charge in [0.2, 0.25) is 5.91 Å². The number of nitrogens with one attached hydrogen (secondary N) is 1. The number of hydrogen-bond acceptors (Lipinski definition) is 3. The lowest BCUT2D eigenvalue weighted by atomic mass is 9.85. The fraction of sp³-hybridized carbons (Fsp3) is 0.429. The van der Waals surface area contributed by atoms with Crippen LogP contribution in [0.2, 0.25) is 0 Å². The third kappa shape index (κ3) is 1.90. The topological polar surface area (TPSA) is 42.0 Å². The normalized spacial score (nSPS) is 15.7. The molecular weight excluding hydrogens is 244 g/mol. The second-order valence-electron chi connectivity index (χ2n) is 5.01. The molecule has 4 heteroatoms. The summed E-state index contributed by atoms with van der Waals surface area (Å²) < 4.78 is 1.18. The van der Waals surface area contributed by atoms with Crippen LogP contribution < -0.4 is 5.32 Å². The van der Waals surface area contributed by atoms with E-state index in [4.69, 9.17) is 0 Å². The molecule has 1 fully saturated rings. The molecule has 1 aliphatic rings. The van der Waals surface area contributed by atoms with Crippen LogP contribution in [-0.2, 0) is 4.79 Å². The van der Waals surface area contributed by atoms with Crippen LogP contribution >= 0.6 is 11.3 Å². The number of nitrogens with zero attached hydrogens (tertiary/aromatic N) is 1. The van der Waals surface area contributed by atoms with Crippen LogP contribution in [0.15, 0.2) is 12.1 Å². The van der Waals surface area contributed by atoms with Gasteiger partial charge in [0.05, 0.1) is 10.2 Å². The minimum atomic E-state index is 0.135. The largest absolute Gasteiger partial charge is 0.302 e. The van der Waals surface area contributed by atoms with Gasteiger partial charge in [0.25, 0.3) is 0 Å². The van der Waals surface area contributed by atoms with Gasteiger partial charge in [-0.15, -0.1) is 0 Å². The molecule has 0 saturated heterocycles. The number of hydrogen-bond donors (Lipinski definition) is 1. The van der Waals surface area contributed by atoms with Crippen molar-refractivity contribution in [1.29, 1.82) is 0 Å². The molecule has 0 unspecified atom stereocenters. The number of aryl methyl sites for hydroxylation is 2. The Morgan fingerprint density at radius 3 is 2.67 bits per heavy atom. The van der Waals surface area contributed by atoms with Gasteiger partial charge in [-0.2, -0.15) is 0 Å². The molecular formula is C14H16N2OS. The molecule has 1 saturated carbocycles. The van der Waals surface area contributed by atoms with Crippen LogP contribution in [0.5, 0.6) is 0 Å². The average Bonchev–Trinajstić information content (AvgIpc) is 2.66. The van der Waals surface area contributed by atoms with Gasteiger partial charge >= 0.3 is 0 Å². The summed E-state index contributed by atoms with van der Waals surface area (Å²) in [6, 6.07) is 4.18. The van der Waals surface area contributed by atoms with Crippen molar-refractivity contribution in [2.75, 3.05) is 5.32 Å². The zero-order valence-corrected chi connectivity index (χ0v) is 11.4. The van der Waals surface area contributed by atoms with Gasteiger partial charge in [-0.3, -0.25) is 4.79 Å². The Kier molecular flexibility index (Phi) is 2.82. The molecule has 3 rings (SSSR count). The quantitative estimate of drug-likeness (QED) is 0.895. The predicted octanol–water partition coefficient (Wildman–Crippen LogP) is 3.65. The van der Waals surface area contributed by atoms with Crippen LogP contribution in [0, 0.1) is 19.8 Å². The van der Waals surface area contributed by atoms with E-state index in [1.807, 2.05) is 0 Å². The third-order valence-electron chi connectivity index (χ3n) is 3.65. The maximum atomic E-state index is 11.9. The molecule has 94 valence electrons. The lowest BCUT2D eigenvalue weighted by molar-refractivity contribution is -0.122. The molecule has 1 N–H and O–H groups in total. The van der Waals surface area contributed by atoms with Gasteiger partial charge in [0.1, 0.15) is 0 Å². The molecule has 0 bridgehead atoms. The lowest BCUT2D eigenvalue weighted by Crippen LogP contribution is -2.27. The van der Waals surface area contributed by atoms with Crippen LogP contribution in [-0.4, -0.2) is 10.9 Å². The molecule has 1 aromatic carbocycles. The Labute approximate surface area is 110 Å². The highest BCUT2D eigenvalue weighted by Gasteiger charge is 2.25. The SMILES string of the molecule is Cc1ccc(C)c2sc(NC(=O)C3CCC3)nc12. The van der Waals surface area contributed by atoms with Crippen LogP contribution in [0.1, 0.15) is 30.4 Å². The van der Waals surface area contributed by atoms with Crippen molar-refractivity contribution in [3.8, 4) is 0 Å². The fourth-order valence-electron chi connectivity index (χ4n) is 2.19. The Balaban J connectivity index is 1.91. The summed E-state index contributed by atoms with van der Waals surface area (Å²) in [5, 5.41) is 3.69. The molecule has 18 heavy (non-hydrogen) atoms. The number of fused-ring (bicyclic) bond motifs is 1. The van der Waals surface area contributed by atoms with Gasteiger partial charge in [-0.05, 0) is 37.8 Å². The number of benzene rings is 1. The van der Waals surface area contributed by atoms with Gasteiger partial charge in [-0.1, -0.05) is 29.9 Å². The van der Waals surface area contributed by atoms with Crippen LogP contribution in [0.25, 0.3) is 10.2 Å². The molecule has 2 aromatic rings. The van der Waals surface area contributed by atoms with E-state index in [9.17, 15) is 4.79 Å². The number of carbonyl (C=O) groups is 1. The molecule has 1 aromatic heterocycles. The van der Waals surface area contributed by atoms with Crippen molar-refractivity contribution in [2.24, 2.45) is 5.92 Å². The van der Waals surface area contributed by atoms with E-state index in [0.29, 0.717) is 0 Å². The number of rotatable bonds is 2. The first kappa shape index (κ1) is 11.7. The number of anilines is 1. The van der Waals surface area contributed by atoms with E-state index in [1.165, 1.54) is 16.7 Å². The highest BCUT2D eigenvalue weighted by Crippen LogP contribution is 2.32. The standard InChI is InChI=1S/C14H16N2OS/c1-8-6-7-9(2)12-11(8)15-14(18-12)16-13(17)10-4-3-5-10/h6-7,10H,3-5H2,1-2H3,(H,15,16,17). The van der Waals surface area contributed by atoms with Crippen molar-refractivity contribution in [1.82, 2.24) is 4.98 Å². The Morgan fingerprint density at radius 1 is 1.33 bits per heavy atom. The maximum Gasteiger partial charge on any atom is 0.229 e. The number of carbonyl (C=O) groups excluding carboxylic acids is 1. The highest BCUT2D eigenvalue weighted by atomic mass is 32.1. The van der Waals surface area contributed by atoms with E-state index in [0.717, 1.165) is 29.1 Å². The van der Waals surface area contributed by atoms with Gasteiger partial charge in [-0.25, -0.2) is 4.98 Å². The maximum absolute atomic E-state index is 11.9. The third-order valence-corrected chi connectivity index (χ3v) is 4.75. The molecule has 0 atom stereocenters. The van der Waals surface area contributed by atoms with Crippen LogP contribution in [0.4, 0.5) is 5.13 Å². The first-order valence-corrected chi connectivity index (χ1v) is 7.14. The number of aromatic nitrogens is 1. The predicted molar refractivity (Wildman–Crippen MR) is 75.1 cm³/mol. The van der Waals surface area contributed by atoms with Crippen molar-refractivity contribution < 1.29 is 4.79 Å². The Hall–Kier alpha value is -1.42. The molecule has 0 radical (unpaired) electrons. The van der Waals surface area contributed by atoms with Gasteiger partial charge < -0.3 is 5.32 Å². The van der Waals surface area contributed by atoms with Crippen LogP contribution in [0.3, 0.4) is 0 Å². The Morgan fingerprint density at radius 2 is 2.06 bits per heavy atom. The van der Waals surface area contributed by atoms with Crippen molar-refractivity contribution in [3.05, 3.63) is 23.3 Å². The molecule has 1 aliphatic carbocycles. The first-order valence-electron chi connectivity index (χ1n) is 6.33. The lowest BCUT2D eigenvalue weighted by Gasteiger charge is -2.23. The zero-order chi connectivity index (χ0) is 12.7. The monoisotopic (exact) mass is 260 g/mol. The molecule has 0 spiro atoms. The van der Waals surface area contributed by atoms with E-state index in [-0.39, 0.29) is 11.8 Å². The number of amides is 1. The molecule has 3 nitrogen and oxygen atoms in total. The summed E-state index contributed by atoms with van der Waals surface area (Å²) in [7, 11) is 0. The van der Waals surface area contributed by atoms with E-state index in [2.05, 4.69) is 36.3 Å². The summed E-state index contributed by atoms with van der Waals surface area (Å²) >= 11 is 1.58. The van der Waals surface area contributed by atoms with Crippen molar-refractivity contribution in [3.63, 3.8) is 0 Å². The summed E-state index contributed by atoms with van der Waals surface area (Å²) in [5.74, 6) is 0.342. The summed E-state index contributed by atoms with van der Waals surface area (Å²) in [5.41, 5.74) is 3.40. The minimum Gasteiger partial charge on any atom is -0.302 e. The smallest absolute Gasteiger partial charge is 0.229 e. The fourth-order valence-corrected chi connectivity index (χ4v) is 3.20. The minimum absolute atomic E-state index is 0.135. The molecule has 0 aliphatic heterocycles. The van der Waals surface area contributed by atoms with E-state index >= 15 is 0 Å². The zero-order valence-electron chi connectivity index (χ0n) is 10.6. The second-order valence-corrected chi connectivity index (χ2v) is 6.01. The van der Waals surface area contributed by atoms with E-state index in [1.54, 1.807) is 11.3 Å². The average molecular weight is 260 g/mol. The summed E-state index contributed by atoms with van der Waals surface area (Å²) in [6.07, 6.45) is 3.22. The highest BCUT2D eigenvalue weighted by molar-refractivity contribution is 7.22. The van der Waals surface area contributed by atoms with E-state index < -0.39 is 0 Å². The van der Waals surface area contributed by atoms with Crippen molar-refractivity contribution in [2.45, 2.75) is 33.1 Å². The second kappa shape index (κ2) is 4.35. The number of thiazole rings is 1. The van der Waals surface area contributed by atoms with Gasteiger partial charge in [0.15, 0.2) is 5.13 Å². The molecule has 1 amide bonds. The summed E-state index contributed by atoms with van der Waals surface area (Å²) in [6.45, 7) is 4.14. The van der Waals surface area contributed by atoms with Gasteiger partial charge in [0, 0.05) is 5.92 Å². The summed E-state index contributed by atoms with van der Waals surface area (Å²) in [4.78, 5) is 16.4. The molecule has 1 heterocycles. The Bertz CT molecular complexity index is 575.